The first kappa shape index (κ1) is 28.1. The Kier molecular flexibility index (Phi) is 15.3. The zero-order chi connectivity index (χ0) is 23.6. The summed E-state index contributed by atoms with van der Waals surface area (Å²) in [6, 6.07) is 5.26. The van der Waals surface area contributed by atoms with Gasteiger partial charge in [-0.2, -0.15) is 0 Å². The van der Waals surface area contributed by atoms with Crippen LogP contribution < -0.4 is 21.5 Å². The second-order valence-corrected chi connectivity index (χ2v) is 6.29. The normalized spacial score (nSPS) is 10.4. The zero-order valence-corrected chi connectivity index (χ0v) is 19.9. The fourth-order valence-electron chi connectivity index (χ4n) is 2.63. The van der Waals surface area contributed by atoms with Crippen LogP contribution in [0, 0.1) is 0 Å². The minimum atomic E-state index is -0.112. The van der Waals surface area contributed by atoms with Gasteiger partial charge in [0.05, 0.1) is 0 Å². The van der Waals surface area contributed by atoms with Crippen molar-refractivity contribution in [1.82, 2.24) is 15.0 Å². The van der Waals surface area contributed by atoms with Crippen LogP contribution in [0.4, 0.5) is 11.6 Å². The molecule has 0 amide bonds. The van der Waals surface area contributed by atoms with Crippen molar-refractivity contribution in [3.63, 3.8) is 0 Å². The first-order valence-electron chi connectivity index (χ1n) is 11.1. The lowest BCUT2D eigenvalue weighted by Crippen LogP contribution is -2.25. The second kappa shape index (κ2) is 16.9. The molecule has 8 nitrogen and oxygen atoms in total. The monoisotopic (exact) mass is 432 g/mol. The maximum absolute atomic E-state index is 11.2. The number of aromatic amines is 1. The van der Waals surface area contributed by atoms with Gasteiger partial charge in [0.1, 0.15) is 11.6 Å². The van der Waals surface area contributed by atoms with Crippen LogP contribution in [-0.2, 0) is 6.54 Å². The number of aromatic nitrogens is 3. The Morgan fingerprint density at radius 3 is 2.39 bits per heavy atom. The molecule has 0 saturated heterocycles. The number of aliphatic hydroxyl groups is 1. The van der Waals surface area contributed by atoms with Crippen LogP contribution in [0.1, 0.15) is 65.8 Å². The smallest absolute Gasteiger partial charge is 0.247 e. The number of nitrogens with two attached hydrogens (primary N) is 1. The van der Waals surface area contributed by atoms with E-state index in [1.54, 1.807) is 25.4 Å². The Morgan fingerprint density at radius 2 is 1.90 bits per heavy atom. The quantitative estimate of drug-likeness (QED) is 0.476. The first-order valence-corrected chi connectivity index (χ1v) is 11.1. The van der Waals surface area contributed by atoms with Gasteiger partial charge in [0.25, 0.3) is 0 Å². The van der Waals surface area contributed by atoms with E-state index in [1.165, 1.54) is 6.07 Å². The molecule has 0 aliphatic carbocycles. The summed E-state index contributed by atoms with van der Waals surface area (Å²) in [6.45, 7) is 14.6. The van der Waals surface area contributed by atoms with E-state index in [-0.39, 0.29) is 12.2 Å². The molecule has 2 rings (SSSR count). The third kappa shape index (κ3) is 10.1. The molecule has 8 heteroatoms. The molecule has 0 fully saturated rings. The average Bonchev–Trinajstić information content (AvgIpc) is 2.79. The van der Waals surface area contributed by atoms with Crippen molar-refractivity contribution < 1.29 is 5.11 Å². The largest absolute Gasteiger partial charge is 0.404 e. The van der Waals surface area contributed by atoms with Crippen molar-refractivity contribution in [2.75, 3.05) is 29.9 Å². The van der Waals surface area contributed by atoms with E-state index in [1.807, 2.05) is 26.8 Å². The van der Waals surface area contributed by atoms with Crippen LogP contribution in [0.2, 0.25) is 0 Å². The summed E-state index contributed by atoms with van der Waals surface area (Å²) in [5.74, 6) is 2.26. The minimum Gasteiger partial charge on any atom is -0.404 e. The van der Waals surface area contributed by atoms with Gasteiger partial charge >= 0.3 is 0 Å². The Hall–Kier alpha value is -2.87. The molecule has 2 aromatic rings. The van der Waals surface area contributed by atoms with Crippen molar-refractivity contribution in [2.45, 2.75) is 60.9 Å². The highest BCUT2D eigenvalue weighted by atomic mass is 16.2. The number of hydrogen-bond donors (Lipinski definition) is 4. The van der Waals surface area contributed by atoms with Gasteiger partial charge < -0.3 is 26.0 Å². The van der Waals surface area contributed by atoms with Crippen LogP contribution in [0.3, 0.4) is 0 Å². The molecular weight excluding hydrogens is 392 g/mol. The number of pyridine rings is 1. The molecule has 0 radical (unpaired) electrons. The maximum atomic E-state index is 11.2. The molecule has 5 N–H and O–H groups in total. The molecule has 0 aliphatic heterocycles. The van der Waals surface area contributed by atoms with E-state index < -0.39 is 0 Å². The summed E-state index contributed by atoms with van der Waals surface area (Å²) in [6.07, 6.45) is 5.08. The van der Waals surface area contributed by atoms with Crippen molar-refractivity contribution in [3.05, 3.63) is 52.3 Å². The van der Waals surface area contributed by atoms with Crippen LogP contribution in [-0.4, -0.2) is 39.8 Å². The fourth-order valence-corrected chi connectivity index (χ4v) is 2.63. The summed E-state index contributed by atoms with van der Waals surface area (Å²) in [4.78, 5) is 25.4. The second-order valence-electron chi connectivity index (χ2n) is 6.29. The van der Waals surface area contributed by atoms with Gasteiger partial charge in [0, 0.05) is 56.3 Å². The van der Waals surface area contributed by atoms with Crippen molar-refractivity contribution in [1.29, 1.82) is 0 Å². The highest BCUT2D eigenvalue weighted by Crippen LogP contribution is 2.22. The lowest BCUT2D eigenvalue weighted by Gasteiger charge is -2.22. The predicted molar refractivity (Wildman–Crippen MR) is 131 cm³/mol. The molecule has 0 saturated carbocycles. The molecule has 0 bridgehead atoms. The summed E-state index contributed by atoms with van der Waals surface area (Å²) in [7, 11) is 0. The van der Waals surface area contributed by atoms with E-state index in [2.05, 4.69) is 34.0 Å². The van der Waals surface area contributed by atoms with E-state index in [9.17, 15) is 4.79 Å². The van der Waals surface area contributed by atoms with Gasteiger partial charge in [-0.3, -0.25) is 4.79 Å². The third-order valence-electron chi connectivity index (χ3n) is 4.10. The Labute approximate surface area is 186 Å². The number of nitrogens with zero attached hydrogens (tertiary/aromatic N) is 3. The summed E-state index contributed by atoms with van der Waals surface area (Å²) >= 11 is 0. The first-order chi connectivity index (χ1) is 15.0. The number of aliphatic hydroxyl groups excluding tert-OH is 1. The molecular formula is C23H40N6O2. The molecule has 31 heavy (non-hydrogen) atoms. The zero-order valence-electron chi connectivity index (χ0n) is 19.9. The van der Waals surface area contributed by atoms with E-state index >= 15 is 0 Å². The molecule has 2 aromatic heterocycles. The summed E-state index contributed by atoms with van der Waals surface area (Å²) in [5, 5.41) is 10.9. The van der Waals surface area contributed by atoms with Gasteiger partial charge in [0.15, 0.2) is 5.82 Å². The van der Waals surface area contributed by atoms with Gasteiger partial charge in [-0.1, -0.05) is 33.8 Å². The Bertz CT molecular complexity index is 799. The fraction of sp³-hybridized carbons (Fsp3) is 0.522. The van der Waals surface area contributed by atoms with Crippen LogP contribution in [0.25, 0.3) is 5.57 Å². The number of H-pyrrole nitrogens is 1. The highest BCUT2D eigenvalue weighted by molar-refractivity contribution is 5.63. The standard InChI is InChI=1S/C19H28N6O.C2H6O.C2H6/c1-4-9-25(6-3)17-10-16(23-19(24-17)15(5-2)11-20)21-12-14-7-8-18(26)22-13-14;1-2-3;1-2/h7-8,10-11,13H,4-6,9,12,20H2,1-3H3,(H,22,26)(H,21,23,24);3H,2H2,1H3;1-2H3/b15-11-;;. The van der Waals surface area contributed by atoms with Crippen LogP contribution in [0.15, 0.2) is 35.4 Å². The number of nitrogens with one attached hydrogen (secondary N) is 2. The lowest BCUT2D eigenvalue weighted by molar-refractivity contribution is 0.318. The molecule has 0 spiro atoms. The number of allylic oxidation sites excluding steroid dienone is 1. The van der Waals surface area contributed by atoms with Crippen molar-refractivity contribution >= 4 is 17.2 Å². The highest BCUT2D eigenvalue weighted by Gasteiger charge is 2.12. The van der Waals surface area contributed by atoms with Crippen molar-refractivity contribution in [2.24, 2.45) is 5.73 Å². The SMILES string of the molecule is CC.CCCN(CC)c1cc(NCc2ccc(=O)[nH]c2)nc(/C(=C\N)CC)n1.CCO. The number of hydrogen-bond acceptors (Lipinski definition) is 7. The molecule has 0 aromatic carbocycles. The lowest BCUT2D eigenvalue weighted by atomic mass is 10.2. The van der Waals surface area contributed by atoms with Gasteiger partial charge in [-0.15, -0.1) is 0 Å². The number of anilines is 2. The van der Waals surface area contributed by atoms with E-state index in [0.29, 0.717) is 12.4 Å². The summed E-state index contributed by atoms with van der Waals surface area (Å²) < 4.78 is 0. The van der Waals surface area contributed by atoms with Crippen LogP contribution >= 0.6 is 0 Å². The number of rotatable bonds is 9. The Morgan fingerprint density at radius 1 is 1.23 bits per heavy atom. The maximum Gasteiger partial charge on any atom is 0.247 e. The molecule has 174 valence electrons. The Balaban J connectivity index is 0.00000165. The van der Waals surface area contributed by atoms with E-state index in [4.69, 9.17) is 15.8 Å². The molecule has 0 atom stereocenters. The van der Waals surface area contributed by atoms with Gasteiger partial charge in [-0.05, 0) is 32.3 Å². The third-order valence-corrected chi connectivity index (χ3v) is 4.10. The molecule has 0 aliphatic rings. The van der Waals surface area contributed by atoms with Crippen LogP contribution in [0.5, 0.6) is 0 Å². The van der Waals surface area contributed by atoms with Crippen molar-refractivity contribution in [3.8, 4) is 0 Å². The predicted octanol–water partition coefficient (Wildman–Crippen LogP) is 3.75. The molecule has 2 heterocycles. The molecule has 0 unspecified atom stereocenters. The van der Waals surface area contributed by atoms with E-state index in [0.717, 1.165) is 48.7 Å². The van der Waals surface area contributed by atoms with Gasteiger partial charge in [-0.25, -0.2) is 9.97 Å². The average molecular weight is 433 g/mol. The van der Waals surface area contributed by atoms with Gasteiger partial charge in [0.2, 0.25) is 5.56 Å². The topological polar surface area (TPSA) is 120 Å². The minimum absolute atomic E-state index is 0.112. The summed E-state index contributed by atoms with van der Waals surface area (Å²) in [5.41, 5.74) is 7.52.